The molecule has 1 amide bonds. The summed E-state index contributed by atoms with van der Waals surface area (Å²) < 4.78 is 4.95. The van der Waals surface area contributed by atoms with E-state index in [-0.39, 0.29) is 22.6 Å². The Labute approximate surface area is 161 Å². The van der Waals surface area contributed by atoms with Gasteiger partial charge in [-0.2, -0.15) is 0 Å². The molecule has 146 valence electrons. The van der Waals surface area contributed by atoms with Crippen LogP contribution in [0.25, 0.3) is 0 Å². The first-order chi connectivity index (χ1) is 13.3. The summed E-state index contributed by atoms with van der Waals surface area (Å²) in [4.78, 5) is 46.4. The molecule has 8 nitrogen and oxygen atoms in total. The zero-order valence-electron chi connectivity index (χ0n) is 15.5. The summed E-state index contributed by atoms with van der Waals surface area (Å²) in [6.07, 6.45) is 0.319. The lowest BCUT2D eigenvalue weighted by molar-refractivity contribution is -0.385. The smallest absolute Gasteiger partial charge is 0.339 e. The fourth-order valence-corrected chi connectivity index (χ4v) is 2.63. The molecule has 2 rings (SSSR count). The number of Topliss-reactive ketones (excluding diaryl/α,β-unsaturated/α-hetero) is 1. The van der Waals surface area contributed by atoms with Crippen molar-refractivity contribution in [2.45, 2.75) is 26.3 Å². The van der Waals surface area contributed by atoms with E-state index in [1.807, 2.05) is 30.3 Å². The standard InChI is InChI=1S/C20H20N2O6/c1-13-16(9-6-10-18(13)22(26)27)20(25)28-12-19(24)21-17(14(2)23)11-15-7-4-3-5-8-15/h3-10,17H,11-12H2,1-2H3,(H,21,24)/t17-/m1/s1. The molecule has 0 bridgehead atoms. The molecule has 2 aromatic rings. The molecule has 0 radical (unpaired) electrons. The van der Waals surface area contributed by atoms with E-state index in [1.54, 1.807) is 0 Å². The molecule has 0 heterocycles. The summed E-state index contributed by atoms with van der Waals surface area (Å²) in [6.45, 7) is 2.20. The highest BCUT2D eigenvalue weighted by Crippen LogP contribution is 2.21. The van der Waals surface area contributed by atoms with Crippen LogP contribution in [0.15, 0.2) is 48.5 Å². The minimum absolute atomic E-state index is 0.00871. The molecule has 0 aliphatic rings. The van der Waals surface area contributed by atoms with Gasteiger partial charge < -0.3 is 10.1 Å². The highest BCUT2D eigenvalue weighted by molar-refractivity contribution is 5.94. The van der Waals surface area contributed by atoms with Gasteiger partial charge in [-0.1, -0.05) is 36.4 Å². The highest BCUT2D eigenvalue weighted by Gasteiger charge is 2.21. The van der Waals surface area contributed by atoms with Crippen molar-refractivity contribution in [2.75, 3.05) is 6.61 Å². The Morgan fingerprint density at radius 1 is 1.11 bits per heavy atom. The number of nitrogens with zero attached hydrogens (tertiary/aromatic N) is 1. The number of ketones is 1. The maximum atomic E-state index is 12.2. The largest absolute Gasteiger partial charge is 0.452 e. The van der Waals surface area contributed by atoms with E-state index in [9.17, 15) is 24.5 Å². The van der Waals surface area contributed by atoms with Crippen LogP contribution in [0.5, 0.6) is 0 Å². The quantitative estimate of drug-likeness (QED) is 0.424. The molecule has 28 heavy (non-hydrogen) atoms. The van der Waals surface area contributed by atoms with Crippen molar-refractivity contribution in [3.63, 3.8) is 0 Å². The normalized spacial score (nSPS) is 11.4. The van der Waals surface area contributed by atoms with Gasteiger partial charge in [0, 0.05) is 11.6 Å². The fourth-order valence-electron chi connectivity index (χ4n) is 2.63. The summed E-state index contributed by atoms with van der Waals surface area (Å²) in [5, 5.41) is 13.5. The van der Waals surface area contributed by atoms with Crippen LogP contribution in [0.1, 0.15) is 28.4 Å². The first-order valence-electron chi connectivity index (χ1n) is 8.54. The number of nitrogens with one attached hydrogen (secondary N) is 1. The number of nitro groups is 1. The average Bonchev–Trinajstić information content (AvgIpc) is 2.66. The number of hydrogen-bond acceptors (Lipinski definition) is 6. The van der Waals surface area contributed by atoms with Crippen LogP contribution < -0.4 is 5.32 Å². The molecular formula is C20H20N2O6. The number of benzene rings is 2. The van der Waals surface area contributed by atoms with Crippen LogP contribution in [0, 0.1) is 17.0 Å². The molecule has 0 aliphatic carbocycles. The van der Waals surface area contributed by atoms with Crippen LogP contribution in [0.2, 0.25) is 0 Å². The second-order valence-electron chi connectivity index (χ2n) is 6.20. The minimum Gasteiger partial charge on any atom is -0.452 e. The number of ether oxygens (including phenoxy) is 1. The summed E-state index contributed by atoms with van der Waals surface area (Å²) in [6, 6.07) is 12.5. The van der Waals surface area contributed by atoms with Gasteiger partial charge >= 0.3 is 5.97 Å². The van der Waals surface area contributed by atoms with E-state index in [1.165, 1.54) is 32.0 Å². The van der Waals surface area contributed by atoms with Gasteiger partial charge in [0.05, 0.1) is 16.5 Å². The second kappa shape index (κ2) is 9.40. The monoisotopic (exact) mass is 384 g/mol. The average molecular weight is 384 g/mol. The third kappa shape index (κ3) is 5.47. The summed E-state index contributed by atoms with van der Waals surface area (Å²) >= 11 is 0. The Hall–Kier alpha value is -3.55. The number of carbonyl (C=O) groups excluding carboxylic acids is 3. The predicted molar refractivity (Wildman–Crippen MR) is 101 cm³/mol. The minimum atomic E-state index is -0.848. The molecule has 2 aromatic carbocycles. The molecule has 0 aliphatic heterocycles. The molecule has 1 N–H and O–H groups in total. The van der Waals surface area contributed by atoms with E-state index in [0.29, 0.717) is 6.42 Å². The van der Waals surface area contributed by atoms with Gasteiger partial charge in [-0.3, -0.25) is 19.7 Å². The van der Waals surface area contributed by atoms with Crippen molar-refractivity contribution >= 4 is 23.3 Å². The summed E-state index contributed by atoms with van der Waals surface area (Å²) in [5.74, 6) is -1.70. The first-order valence-corrected chi connectivity index (χ1v) is 8.54. The van der Waals surface area contributed by atoms with Crippen LogP contribution in [0.4, 0.5) is 5.69 Å². The molecule has 8 heteroatoms. The maximum Gasteiger partial charge on any atom is 0.339 e. The van der Waals surface area contributed by atoms with Gasteiger partial charge in [-0.15, -0.1) is 0 Å². The molecule has 0 aromatic heterocycles. The van der Waals surface area contributed by atoms with Crippen LogP contribution in [-0.4, -0.2) is 35.2 Å². The lowest BCUT2D eigenvalue weighted by atomic mass is 10.0. The topological polar surface area (TPSA) is 116 Å². The van der Waals surface area contributed by atoms with Crippen LogP contribution >= 0.6 is 0 Å². The molecule has 0 unspecified atom stereocenters. The molecule has 0 saturated carbocycles. The van der Waals surface area contributed by atoms with Crippen LogP contribution in [0.3, 0.4) is 0 Å². The Morgan fingerprint density at radius 3 is 2.39 bits per heavy atom. The van der Waals surface area contributed by atoms with E-state index < -0.39 is 29.4 Å². The third-order valence-corrected chi connectivity index (χ3v) is 4.16. The second-order valence-corrected chi connectivity index (χ2v) is 6.20. The van der Waals surface area contributed by atoms with Gasteiger partial charge in [0.25, 0.3) is 11.6 Å². The number of carbonyl (C=O) groups is 3. The van der Waals surface area contributed by atoms with E-state index in [4.69, 9.17) is 4.74 Å². The third-order valence-electron chi connectivity index (χ3n) is 4.16. The van der Waals surface area contributed by atoms with Crippen LogP contribution in [-0.2, 0) is 20.7 Å². The van der Waals surface area contributed by atoms with Crippen molar-refractivity contribution in [3.8, 4) is 0 Å². The maximum absolute atomic E-state index is 12.2. The molecule has 0 saturated heterocycles. The number of esters is 1. The SMILES string of the molecule is CC(=O)[C@@H](Cc1ccccc1)NC(=O)COC(=O)c1cccc([N+](=O)[O-])c1C. The van der Waals surface area contributed by atoms with Crippen molar-refractivity contribution in [3.05, 3.63) is 75.3 Å². The van der Waals surface area contributed by atoms with Crippen molar-refractivity contribution in [1.29, 1.82) is 0 Å². The Balaban J connectivity index is 1.97. The van der Waals surface area contributed by atoms with Crippen molar-refractivity contribution in [1.82, 2.24) is 5.32 Å². The van der Waals surface area contributed by atoms with Gasteiger partial charge in [-0.25, -0.2) is 4.79 Å². The predicted octanol–water partition coefficient (Wildman–Crippen LogP) is 2.38. The zero-order chi connectivity index (χ0) is 20.7. The molecule has 0 spiro atoms. The van der Waals surface area contributed by atoms with Gasteiger partial charge in [0.1, 0.15) is 0 Å². The summed E-state index contributed by atoms with van der Waals surface area (Å²) in [7, 11) is 0. The number of nitro benzene ring substituents is 1. The molecule has 1 atom stereocenters. The van der Waals surface area contributed by atoms with Gasteiger partial charge in [0.2, 0.25) is 0 Å². The van der Waals surface area contributed by atoms with Crippen molar-refractivity contribution < 1.29 is 24.0 Å². The zero-order valence-corrected chi connectivity index (χ0v) is 15.5. The van der Waals surface area contributed by atoms with E-state index >= 15 is 0 Å². The number of amides is 1. The highest BCUT2D eigenvalue weighted by atomic mass is 16.6. The van der Waals surface area contributed by atoms with Crippen molar-refractivity contribution in [2.24, 2.45) is 0 Å². The number of hydrogen-bond donors (Lipinski definition) is 1. The Bertz CT molecular complexity index is 895. The number of rotatable bonds is 8. The Morgan fingerprint density at radius 2 is 1.79 bits per heavy atom. The molecule has 0 fully saturated rings. The fraction of sp³-hybridized carbons (Fsp3) is 0.250. The molecular weight excluding hydrogens is 364 g/mol. The van der Waals surface area contributed by atoms with Gasteiger partial charge in [-0.05, 0) is 31.9 Å². The summed E-state index contributed by atoms with van der Waals surface area (Å²) in [5.41, 5.74) is 0.837. The van der Waals surface area contributed by atoms with E-state index in [2.05, 4.69) is 5.32 Å². The lowest BCUT2D eigenvalue weighted by Crippen LogP contribution is -2.43. The Kier molecular flexibility index (Phi) is 6.97. The first kappa shape index (κ1) is 20.8. The van der Waals surface area contributed by atoms with E-state index in [0.717, 1.165) is 5.56 Å². The van der Waals surface area contributed by atoms with Gasteiger partial charge in [0.15, 0.2) is 12.4 Å². The lowest BCUT2D eigenvalue weighted by Gasteiger charge is -2.16.